The minimum Gasteiger partial charge on any atom is -0.462 e. The number of carbonyl (C=O) groups is 5. The highest BCUT2D eigenvalue weighted by atomic mass is 32.2. The lowest BCUT2D eigenvalue weighted by Gasteiger charge is -2.49. The summed E-state index contributed by atoms with van der Waals surface area (Å²) in [6.07, 6.45) is -3.34. The van der Waals surface area contributed by atoms with Crippen molar-refractivity contribution >= 4 is 41.5 Å². The highest BCUT2D eigenvalue weighted by Crippen LogP contribution is 2.40. The molecule has 188 valence electrons. The molecule has 1 amide bonds. The molecule has 12 nitrogen and oxygen atoms in total. The fourth-order valence-corrected chi connectivity index (χ4v) is 4.14. The van der Waals surface area contributed by atoms with Crippen LogP contribution < -0.4 is 5.32 Å². The van der Waals surface area contributed by atoms with Gasteiger partial charge in [-0.2, -0.15) is 0 Å². The molecule has 0 aromatic carbocycles. The van der Waals surface area contributed by atoms with Gasteiger partial charge in [0.15, 0.2) is 12.2 Å². The fraction of sp³-hybridized carbons (Fsp3) is 0.750. The summed E-state index contributed by atoms with van der Waals surface area (Å²) >= 11 is 1.12. The van der Waals surface area contributed by atoms with Crippen LogP contribution in [0.2, 0.25) is 0 Å². The Balaban J connectivity index is 3.58. The summed E-state index contributed by atoms with van der Waals surface area (Å²) in [6.45, 7) is 4.78. The van der Waals surface area contributed by atoms with E-state index in [1.54, 1.807) is 6.26 Å². The third kappa shape index (κ3) is 8.82. The molecule has 0 bridgehead atoms. The van der Waals surface area contributed by atoms with Gasteiger partial charge in [-0.15, -0.1) is 11.8 Å². The van der Waals surface area contributed by atoms with E-state index in [-0.39, 0.29) is 6.42 Å². The van der Waals surface area contributed by atoms with Gasteiger partial charge in [0, 0.05) is 41.0 Å². The van der Waals surface area contributed by atoms with Crippen LogP contribution in [0.15, 0.2) is 0 Å². The number of aliphatic hydroxyl groups excluding tert-OH is 1. The Morgan fingerprint density at radius 2 is 1.64 bits per heavy atom. The molecule has 1 unspecified atom stereocenters. The van der Waals surface area contributed by atoms with Crippen LogP contribution in [0.4, 0.5) is 0 Å². The molecule has 1 rings (SSSR count). The molecule has 0 radical (unpaired) electrons. The summed E-state index contributed by atoms with van der Waals surface area (Å²) in [4.78, 5) is 57.5. The number of nitrogens with one attached hydrogen (secondary N) is 1. The minimum atomic E-state index is -1.40. The number of rotatable bonds is 10. The van der Waals surface area contributed by atoms with Crippen LogP contribution in [0.1, 0.15) is 41.0 Å². The lowest BCUT2D eigenvalue weighted by molar-refractivity contribution is -0.223. The van der Waals surface area contributed by atoms with Crippen molar-refractivity contribution < 1.29 is 52.8 Å². The van der Waals surface area contributed by atoms with Crippen molar-refractivity contribution in [1.29, 1.82) is 0 Å². The molecule has 1 fully saturated rings. The van der Waals surface area contributed by atoms with Crippen LogP contribution in [-0.4, -0.2) is 89.8 Å². The molecule has 1 heterocycles. The number of ether oxygens (including phenoxy) is 5. The molecule has 0 aromatic rings. The van der Waals surface area contributed by atoms with Gasteiger partial charge in [0.05, 0.1) is 12.6 Å². The molecule has 1 aliphatic rings. The lowest BCUT2D eigenvalue weighted by atomic mass is 9.89. The van der Waals surface area contributed by atoms with Gasteiger partial charge in [-0.1, -0.05) is 0 Å². The molecule has 2 N–H and O–H groups in total. The van der Waals surface area contributed by atoms with Gasteiger partial charge in [0.1, 0.15) is 23.7 Å². The second-order valence-electron chi connectivity index (χ2n) is 7.46. The van der Waals surface area contributed by atoms with Gasteiger partial charge in [0.25, 0.3) is 0 Å². The lowest BCUT2D eigenvalue weighted by Crippen LogP contribution is -2.67. The number of esters is 4. The quantitative estimate of drug-likeness (QED) is 0.302. The third-order valence-corrected chi connectivity index (χ3v) is 5.81. The number of carbonyl (C=O) groups excluding carboxylic acids is 5. The number of hydrogen-bond acceptors (Lipinski definition) is 12. The predicted octanol–water partition coefficient (Wildman–Crippen LogP) is -0.310. The summed E-state index contributed by atoms with van der Waals surface area (Å²) < 4.78 is 27.2. The van der Waals surface area contributed by atoms with Gasteiger partial charge >= 0.3 is 23.9 Å². The fourth-order valence-electron chi connectivity index (χ4n) is 3.48. The maximum Gasteiger partial charge on any atom is 0.303 e. The van der Waals surface area contributed by atoms with E-state index in [4.69, 9.17) is 23.7 Å². The number of thioether (sulfide) groups is 1. The van der Waals surface area contributed by atoms with Crippen LogP contribution in [0.25, 0.3) is 0 Å². The van der Waals surface area contributed by atoms with Gasteiger partial charge in [-0.05, 0) is 6.26 Å². The summed E-state index contributed by atoms with van der Waals surface area (Å²) in [7, 11) is 0. The molecule has 1 saturated heterocycles. The highest BCUT2D eigenvalue weighted by Gasteiger charge is 2.54. The van der Waals surface area contributed by atoms with Crippen LogP contribution in [-0.2, 0) is 47.7 Å². The zero-order valence-electron chi connectivity index (χ0n) is 19.4. The summed E-state index contributed by atoms with van der Waals surface area (Å²) in [5.41, 5.74) is 0. The van der Waals surface area contributed by atoms with Crippen molar-refractivity contribution in [3.8, 4) is 0 Å². The van der Waals surface area contributed by atoms with Crippen molar-refractivity contribution in [2.75, 3.05) is 19.5 Å². The van der Waals surface area contributed by atoms with E-state index >= 15 is 0 Å². The average Bonchev–Trinajstić information content (AvgIpc) is 2.69. The SMILES string of the molecule is CSC1(CO)C[C@H](OC(C)=O)[C@@H](NC(C)=O)[C@H]([C@H](OC(C)=O)[C@@H](COC(C)=O)OC(C)=O)O1. The van der Waals surface area contributed by atoms with Gasteiger partial charge in [-0.25, -0.2) is 0 Å². The van der Waals surface area contributed by atoms with E-state index in [0.29, 0.717) is 0 Å². The first-order valence-electron chi connectivity index (χ1n) is 10.1. The Kier molecular flexibility index (Phi) is 11.1. The normalized spacial score (nSPS) is 26.3. The Morgan fingerprint density at radius 3 is 2.06 bits per heavy atom. The maximum atomic E-state index is 12.0. The first-order valence-corrected chi connectivity index (χ1v) is 11.3. The van der Waals surface area contributed by atoms with Gasteiger partial charge < -0.3 is 34.1 Å². The van der Waals surface area contributed by atoms with E-state index in [0.717, 1.165) is 32.5 Å². The Morgan fingerprint density at radius 1 is 1.03 bits per heavy atom. The second-order valence-corrected chi connectivity index (χ2v) is 8.61. The molecular weight excluding hydrogens is 462 g/mol. The monoisotopic (exact) mass is 493 g/mol. The minimum absolute atomic E-state index is 0.000658. The number of aliphatic hydroxyl groups is 1. The summed E-state index contributed by atoms with van der Waals surface area (Å²) in [5, 5.41) is 12.7. The van der Waals surface area contributed by atoms with Crippen LogP contribution in [0.5, 0.6) is 0 Å². The smallest absolute Gasteiger partial charge is 0.303 e. The molecular formula is C20H31NO11S. The van der Waals surface area contributed by atoms with Crippen molar-refractivity contribution in [2.24, 2.45) is 0 Å². The Hall–Kier alpha value is -2.38. The number of amides is 1. The van der Waals surface area contributed by atoms with E-state index in [2.05, 4.69) is 5.32 Å². The molecule has 13 heteroatoms. The maximum absolute atomic E-state index is 12.0. The summed E-state index contributed by atoms with van der Waals surface area (Å²) in [5.74, 6) is -3.37. The van der Waals surface area contributed by atoms with Crippen molar-refractivity contribution in [1.82, 2.24) is 5.32 Å². The zero-order chi connectivity index (χ0) is 25.3. The van der Waals surface area contributed by atoms with E-state index in [1.807, 2.05) is 0 Å². The molecule has 0 saturated carbocycles. The van der Waals surface area contributed by atoms with Crippen molar-refractivity contribution in [3.63, 3.8) is 0 Å². The largest absolute Gasteiger partial charge is 0.462 e. The Bertz CT molecular complexity index is 740. The van der Waals surface area contributed by atoms with Gasteiger partial charge in [0.2, 0.25) is 5.91 Å². The molecule has 33 heavy (non-hydrogen) atoms. The standard InChI is InChI=1S/C20H31NO11S/c1-10(23)21-17-15(29-12(3)25)7-20(9-22,33-6)32-19(17)18(31-14(5)27)16(30-13(4)26)8-28-11(2)24/h15-19,22H,7-9H2,1-6H3,(H,21,23)/t15-,16+,17+,18+,19+,20?/m0/s1. The van der Waals surface area contributed by atoms with E-state index < -0.39 is 78.4 Å². The van der Waals surface area contributed by atoms with Crippen LogP contribution in [0.3, 0.4) is 0 Å². The molecule has 0 spiro atoms. The van der Waals surface area contributed by atoms with E-state index in [1.165, 1.54) is 13.8 Å². The molecule has 0 aliphatic carbocycles. The van der Waals surface area contributed by atoms with Gasteiger partial charge in [-0.3, -0.25) is 24.0 Å². The first kappa shape index (κ1) is 28.7. The number of hydrogen-bond donors (Lipinski definition) is 2. The zero-order valence-corrected chi connectivity index (χ0v) is 20.3. The molecule has 6 atom stereocenters. The predicted molar refractivity (Wildman–Crippen MR) is 114 cm³/mol. The van der Waals surface area contributed by atoms with E-state index in [9.17, 15) is 29.1 Å². The average molecular weight is 494 g/mol. The molecule has 0 aromatic heterocycles. The van der Waals surface area contributed by atoms with Crippen LogP contribution in [0, 0.1) is 0 Å². The third-order valence-electron chi connectivity index (χ3n) is 4.68. The highest BCUT2D eigenvalue weighted by molar-refractivity contribution is 7.99. The summed E-state index contributed by atoms with van der Waals surface area (Å²) in [6, 6.07) is -1.06. The first-order chi connectivity index (χ1) is 15.3. The van der Waals surface area contributed by atoms with Crippen LogP contribution >= 0.6 is 11.8 Å². The Labute approximate surface area is 196 Å². The second kappa shape index (κ2) is 12.8. The van der Waals surface area contributed by atoms with Crippen molar-refractivity contribution in [3.05, 3.63) is 0 Å². The topological polar surface area (TPSA) is 164 Å². The van der Waals surface area contributed by atoms with Crippen molar-refractivity contribution in [2.45, 2.75) is 76.4 Å². The molecule has 1 aliphatic heterocycles.